The largest absolute Gasteiger partial charge is 0.508 e. The van der Waals surface area contributed by atoms with E-state index in [0.29, 0.717) is 19.1 Å². The Morgan fingerprint density at radius 3 is 2.70 bits per heavy atom. The molecule has 158 valence electrons. The molecule has 2 aromatic carbocycles. The standard InChI is InChI=1S/C22H24N2O5S/c25-12-11-24(21(27)20(30)13-15-5-2-1-3-6-15)18-14-16(26)8-9-19(18)29-22(28)17-7-4-10-23-17/h1-3,5-6,8-9,12,14,17,20,23,26,30H,4,7,10-11,13H2/t17-,20?/m0/s1. The molecule has 1 aliphatic rings. The number of rotatable bonds is 8. The van der Waals surface area contributed by atoms with Crippen molar-refractivity contribution in [2.24, 2.45) is 0 Å². The first-order chi connectivity index (χ1) is 14.5. The number of hydrogen-bond donors (Lipinski definition) is 3. The number of carbonyl (C=O) groups is 3. The van der Waals surface area contributed by atoms with Crippen LogP contribution in [0.25, 0.3) is 0 Å². The molecule has 1 heterocycles. The third-order valence-corrected chi connectivity index (χ3v) is 5.27. The Labute approximate surface area is 180 Å². The Hall–Kier alpha value is -2.84. The Morgan fingerprint density at radius 2 is 2.03 bits per heavy atom. The number of aldehydes is 1. The molecule has 8 heteroatoms. The van der Waals surface area contributed by atoms with E-state index in [1.54, 1.807) is 0 Å². The summed E-state index contributed by atoms with van der Waals surface area (Å²) in [6.45, 7) is 0.471. The first-order valence-corrected chi connectivity index (χ1v) is 10.3. The highest BCUT2D eigenvalue weighted by atomic mass is 32.1. The summed E-state index contributed by atoms with van der Waals surface area (Å²) in [5.41, 5.74) is 1.07. The number of carbonyl (C=O) groups excluding carboxylic acids is 3. The zero-order chi connectivity index (χ0) is 21.5. The van der Waals surface area contributed by atoms with E-state index in [9.17, 15) is 19.5 Å². The number of phenols is 1. The summed E-state index contributed by atoms with van der Waals surface area (Å²) in [5.74, 6) is -0.922. The van der Waals surface area contributed by atoms with Crippen LogP contribution in [-0.2, 0) is 20.8 Å². The van der Waals surface area contributed by atoms with Gasteiger partial charge in [-0.25, -0.2) is 4.79 Å². The number of amides is 1. The number of phenolic OH excluding ortho intramolecular Hbond substituents is 1. The molecule has 30 heavy (non-hydrogen) atoms. The molecular formula is C22H24N2O5S. The quantitative estimate of drug-likeness (QED) is 0.258. The highest BCUT2D eigenvalue weighted by Crippen LogP contribution is 2.33. The second-order valence-electron chi connectivity index (χ2n) is 7.04. The van der Waals surface area contributed by atoms with E-state index in [-0.39, 0.29) is 23.7 Å². The summed E-state index contributed by atoms with van der Waals surface area (Å²) in [5, 5.41) is 12.3. The molecule has 1 fully saturated rings. The minimum atomic E-state index is -0.727. The topological polar surface area (TPSA) is 95.9 Å². The average Bonchev–Trinajstić information content (AvgIpc) is 3.29. The molecule has 1 unspecified atom stereocenters. The van der Waals surface area contributed by atoms with Gasteiger partial charge in [0.25, 0.3) is 0 Å². The zero-order valence-corrected chi connectivity index (χ0v) is 17.3. The predicted octanol–water partition coefficient (Wildman–Crippen LogP) is 2.12. The molecule has 2 aromatic rings. The van der Waals surface area contributed by atoms with Crippen molar-refractivity contribution in [3.8, 4) is 11.5 Å². The number of nitrogens with one attached hydrogen (secondary N) is 1. The highest BCUT2D eigenvalue weighted by molar-refractivity contribution is 7.81. The molecule has 0 saturated carbocycles. The van der Waals surface area contributed by atoms with E-state index in [1.165, 1.54) is 23.1 Å². The minimum Gasteiger partial charge on any atom is -0.508 e. The van der Waals surface area contributed by atoms with Gasteiger partial charge in [0.05, 0.1) is 17.5 Å². The molecule has 1 amide bonds. The normalized spacial score (nSPS) is 16.6. The summed E-state index contributed by atoms with van der Waals surface area (Å²) in [6, 6.07) is 13.0. The second kappa shape index (κ2) is 10.3. The molecule has 0 aromatic heterocycles. The van der Waals surface area contributed by atoms with Crippen molar-refractivity contribution in [3.05, 3.63) is 54.1 Å². The van der Waals surface area contributed by atoms with Crippen LogP contribution in [0.4, 0.5) is 5.69 Å². The minimum absolute atomic E-state index is 0.0990. The SMILES string of the molecule is O=CCN(C(=O)C(S)Cc1ccccc1)c1cc(O)ccc1OC(=O)[C@@H]1CCCN1. The zero-order valence-electron chi connectivity index (χ0n) is 16.4. The van der Waals surface area contributed by atoms with Crippen molar-refractivity contribution < 1.29 is 24.2 Å². The lowest BCUT2D eigenvalue weighted by Gasteiger charge is -2.26. The molecule has 0 radical (unpaired) electrons. The molecular weight excluding hydrogens is 404 g/mol. The molecule has 3 rings (SSSR count). The summed E-state index contributed by atoms with van der Waals surface area (Å²) in [6.07, 6.45) is 2.48. The van der Waals surface area contributed by atoms with Gasteiger partial charge in [-0.15, -0.1) is 0 Å². The van der Waals surface area contributed by atoms with Crippen LogP contribution >= 0.6 is 12.6 Å². The fourth-order valence-electron chi connectivity index (χ4n) is 3.35. The summed E-state index contributed by atoms with van der Waals surface area (Å²) >= 11 is 4.43. The first-order valence-electron chi connectivity index (χ1n) is 9.74. The fraction of sp³-hybridized carbons (Fsp3) is 0.318. The van der Waals surface area contributed by atoms with Crippen LogP contribution in [-0.4, -0.2) is 47.7 Å². The van der Waals surface area contributed by atoms with Crippen molar-refractivity contribution in [2.45, 2.75) is 30.6 Å². The second-order valence-corrected chi connectivity index (χ2v) is 7.67. The molecule has 0 bridgehead atoms. The predicted molar refractivity (Wildman–Crippen MR) is 116 cm³/mol. The molecule has 2 atom stereocenters. The third kappa shape index (κ3) is 5.40. The number of ether oxygens (including phenoxy) is 1. The fourth-order valence-corrected chi connectivity index (χ4v) is 3.70. The van der Waals surface area contributed by atoms with E-state index >= 15 is 0 Å². The maximum absolute atomic E-state index is 13.1. The van der Waals surface area contributed by atoms with E-state index < -0.39 is 23.2 Å². The van der Waals surface area contributed by atoms with Gasteiger partial charge in [0.15, 0.2) is 5.75 Å². The molecule has 1 aliphatic heterocycles. The highest BCUT2D eigenvalue weighted by Gasteiger charge is 2.29. The van der Waals surface area contributed by atoms with Crippen molar-refractivity contribution in [3.63, 3.8) is 0 Å². The number of esters is 1. The smallest absolute Gasteiger partial charge is 0.328 e. The summed E-state index contributed by atoms with van der Waals surface area (Å²) < 4.78 is 5.51. The van der Waals surface area contributed by atoms with Crippen molar-refractivity contribution in [2.75, 3.05) is 18.0 Å². The van der Waals surface area contributed by atoms with Gasteiger partial charge in [-0.3, -0.25) is 4.79 Å². The molecule has 2 N–H and O–H groups in total. The number of benzene rings is 2. The van der Waals surface area contributed by atoms with Crippen LogP contribution in [0.5, 0.6) is 11.5 Å². The van der Waals surface area contributed by atoms with Crippen LogP contribution in [0.2, 0.25) is 0 Å². The number of aromatic hydroxyl groups is 1. The van der Waals surface area contributed by atoms with Gasteiger partial charge in [-0.2, -0.15) is 12.6 Å². The summed E-state index contributed by atoms with van der Waals surface area (Å²) in [4.78, 5) is 38.0. The average molecular weight is 429 g/mol. The number of anilines is 1. The lowest BCUT2D eigenvalue weighted by atomic mass is 10.1. The van der Waals surface area contributed by atoms with E-state index in [4.69, 9.17) is 4.74 Å². The van der Waals surface area contributed by atoms with E-state index in [1.807, 2.05) is 30.3 Å². The first kappa shape index (κ1) is 21.9. The van der Waals surface area contributed by atoms with Crippen LogP contribution in [0.3, 0.4) is 0 Å². The molecule has 0 aliphatic carbocycles. The maximum Gasteiger partial charge on any atom is 0.328 e. The maximum atomic E-state index is 13.1. The summed E-state index contributed by atoms with van der Waals surface area (Å²) in [7, 11) is 0. The van der Waals surface area contributed by atoms with Crippen molar-refractivity contribution in [1.82, 2.24) is 5.32 Å². The van der Waals surface area contributed by atoms with Gasteiger partial charge in [0, 0.05) is 6.07 Å². The van der Waals surface area contributed by atoms with Gasteiger partial charge >= 0.3 is 5.97 Å². The monoisotopic (exact) mass is 428 g/mol. The van der Waals surface area contributed by atoms with Crippen molar-refractivity contribution >= 4 is 36.5 Å². The Balaban J connectivity index is 1.84. The Bertz CT molecular complexity index is 900. The molecule has 1 saturated heterocycles. The lowest BCUT2D eigenvalue weighted by molar-refractivity contribution is -0.136. The van der Waals surface area contributed by atoms with Crippen LogP contribution in [0, 0.1) is 0 Å². The van der Waals surface area contributed by atoms with Gasteiger partial charge in [-0.05, 0) is 43.5 Å². The number of hydrogen-bond acceptors (Lipinski definition) is 7. The molecule has 0 spiro atoms. The van der Waals surface area contributed by atoms with Gasteiger partial charge in [0.2, 0.25) is 5.91 Å². The van der Waals surface area contributed by atoms with Gasteiger partial charge in [-0.1, -0.05) is 30.3 Å². The molecule has 7 nitrogen and oxygen atoms in total. The van der Waals surface area contributed by atoms with E-state index in [0.717, 1.165) is 18.5 Å². The Kier molecular flexibility index (Phi) is 7.48. The Morgan fingerprint density at radius 1 is 1.27 bits per heavy atom. The lowest BCUT2D eigenvalue weighted by Crippen LogP contribution is -2.40. The van der Waals surface area contributed by atoms with Crippen LogP contribution in [0.15, 0.2) is 48.5 Å². The van der Waals surface area contributed by atoms with Crippen LogP contribution < -0.4 is 15.0 Å². The number of nitrogens with zero attached hydrogens (tertiary/aromatic N) is 1. The van der Waals surface area contributed by atoms with Crippen LogP contribution in [0.1, 0.15) is 18.4 Å². The van der Waals surface area contributed by atoms with E-state index in [2.05, 4.69) is 17.9 Å². The third-order valence-electron chi connectivity index (χ3n) is 4.87. The van der Waals surface area contributed by atoms with Gasteiger partial charge < -0.3 is 24.9 Å². The number of thiol groups is 1. The van der Waals surface area contributed by atoms with Gasteiger partial charge in [0.1, 0.15) is 18.1 Å². The van der Waals surface area contributed by atoms with Crippen molar-refractivity contribution in [1.29, 1.82) is 0 Å².